The van der Waals surface area contributed by atoms with Crippen molar-refractivity contribution in [3.8, 4) is 5.75 Å². The average molecular weight is 524 g/mol. The molecule has 0 aliphatic rings. The van der Waals surface area contributed by atoms with E-state index in [2.05, 4.69) is 35.5 Å². The van der Waals surface area contributed by atoms with Crippen molar-refractivity contribution < 1.29 is 37.0 Å². The van der Waals surface area contributed by atoms with E-state index < -0.39 is 24.1 Å². The van der Waals surface area contributed by atoms with Crippen LogP contribution in [0.5, 0.6) is 5.75 Å². The molecule has 0 aliphatic heterocycles. The second-order valence-electron chi connectivity index (χ2n) is 4.01. The van der Waals surface area contributed by atoms with Gasteiger partial charge in [0, 0.05) is 8.04 Å². The van der Waals surface area contributed by atoms with Crippen LogP contribution in [-0.2, 0) is 19.1 Å². The fourth-order valence-electron chi connectivity index (χ4n) is 1.43. The molecule has 24 heavy (non-hydrogen) atoms. The lowest BCUT2D eigenvalue weighted by atomic mass is 10.2. The lowest BCUT2D eigenvalue weighted by Gasteiger charge is -2.15. The summed E-state index contributed by atoms with van der Waals surface area (Å²) in [5.74, 6) is -2.12. The van der Waals surface area contributed by atoms with Crippen molar-refractivity contribution in [2.75, 3.05) is 19.5 Å². The van der Waals surface area contributed by atoms with Crippen molar-refractivity contribution in [1.82, 2.24) is 0 Å². The van der Waals surface area contributed by atoms with E-state index in [0.717, 1.165) is 32.4 Å². The van der Waals surface area contributed by atoms with E-state index >= 15 is 0 Å². The number of carbonyl (C=O) groups is 2. The third kappa shape index (κ3) is 6.19. The van der Waals surface area contributed by atoms with Crippen molar-refractivity contribution in [2.24, 2.45) is 0 Å². The molecule has 1 aromatic carbocycles. The van der Waals surface area contributed by atoms with Crippen LogP contribution in [0.3, 0.4) is 0 Å². The molecule has 0 heterocycles. The topological polar surface area (TPSA) is 73.9 Å². The Hall–Kier alpha value is -1.50. The maximum absolute atomic E-state index is 12.3. The van der Waals surface area contributed by atoms with Gasteiger partial charge in [0.1, 0.15) is 11.4 Å². The fraction of sp³-hybridized carbons (Fsp3) is 0.231. The molecule has 1 aromatic rings. The number of methoxy groups -OCH3 is 2. The molecule has 0 saturated carbocycles. The molecule has 0 bridgehead atoms. The standard InChI is InChI=1S/C13H10BrF3INO5/c1-22-10(20)5-9(12(21)23-2)19-11-7(14)3-6(4-8(11)18)24-13(15,16)17/h3-5,19H,1-2H3/b9-5+. The van der Waals surface area contributed by atoms with E-state index in [1.807, 2.05) is 0 Å². The first-order chi connectivity index (χ1) is 11.1. The first-order valence-electron chi connectivity index (χ1n) is 5.97. The van der Waals surface area contributed by atoms with Crippen LogP contribution in [-0.4, -0.2) is 32.5 Å². The summed E-state index contributed by atoms with van der Waals surface area (Å²) in [6.07, 6.45) is -3.98. The van der Waals surface area contributed by atoms with Gasteiger partial charge in [-0.05, 0) is 50.7 Å². The molecule has 0 spiro atoms. The van der Waals surface area contributed by atoms with Gasteiger partial charge in [0.2, 0.25) is 0 Å². The minimum atomic E-state index is -4.83. The lowest BCUT2D eigenvalue weighted by molar-refractivity contribution is -0.274. The van der Waals surface area contributed by atoms with Gasteiger partial charge in [0.25, 0.3) is 0 Å². The van der Waals surface area contributed by atoms with Crippen molar-refractivity contribution in [1.29, 1.82) is 0 Å². The van der Waals surface area contributed by atoms with Crippen LogP contribution in [0.2, 0.25) is 0 Å². The summed E-state index contributed by atoms with van der Waals surface area (Å²) in [6.45, 7) is 0. The number of alkyl halides is 3. The highest BCUT2D eigenvalue weighted by Crippen LogP contribution is 2.35. The van der Waals surface area contributed by atoms with E-state index in [4.69, 9.17) is 0 Å². The number of benzene rings is 1. The Morgan fingerprint density at radius 2 is 1.88 bits per heavy atom. The normalized spacial score (nSPS) is 11.7. The van der Waals surface area contributed by atoms with Gasteiger partial charge in [0.05, 0.1) is 26.0 Å². The molecular weight excluding hydrogens is 514 g/mol. The van der Waals surface area contributed by atoms with Gasteiger partial charge < -0.3 is 19.5 Å². The van der Waals surface area contributed by atoms with Gasteiger partial charge in [-0.1, -0.05) is 0 Å². The number of hydrogen-bond acceptors (Lipinski definition) is 6. The summed E-state index contributed by atoms with van der Waals surface area (Å²) in [4.78, 5) is 23.0. The first kappa shape index (κ1) is 20.5. The zero-order chi connectivity index (χ0) is 18.5. The maximum atomic E-state index is 12.3. The molecule has 11 heteroatoms. The Balaban J connectivity index is 3.19. The SMILES string of the molecule is COC(=O)/C=C(/Nc1c(Br)cc(OC(F)(F)F)cc1I)C(=O)OC. The summed E-state index contributed by atoms with van der Waals surface area (Å²) < 4.78 is 50.1. The highest BCUT2D eigenvalue weighted by atomic mass is 127. The Labute approximate surface area is 156 Å². The van der Waals surface area contributed by atoms with Crippen molar-refractivity contribution in [3.63, 3.8) is 0 Å². The predicted octanol–water partition coefficient (Wildman–Crippen LogP) is 3.59. The Morgan fingerprint density at radius 3 is 2.33 bits per heavy atom. The molecule has 0 saturated heterocycles. The Morgan fingerprint density at radius 1 is 1.25 bits per heavy atom. The summed E-state index contributed by atoms with van der Waals surface area (Å²) in [6, 6.07) is 2.17. The second-order valence-corrected chi connectivity index (χ2v) is 6.02. The van der Waals surface area contributed by atoms with Crippen LogP contribution < -0.4 is 10.1 Å². The summed E-state index contributed by atoms with van der Waals surface area (Å²) in [7, 11) is 2.23. The number of hydrogen-bond donors (Lipinski definition) is 1. The minimum absolute atomic E-state index is 0.174. The van der Waals surface area contributed by atoms with Gasteiger partial charge >= 0.3 is 18.3 Å². The zero-order valence-corrected chi connectivity index (χ0v) is 15.9. The van der Waals surface area contributed by atoms with Crippen LogP contribution in [0.4, 0.5) is 18.9 Å². The molecule has 0 aliphatic carbocycles. The molecule has 6 nitrogen and oxygen atoms in total. The lowest BCUT2D eigenvalue weighted by Crippen LogP contribution is -2.18. The molecule has 0 aromatic heterocycles. The van der Waals surface area contributed by atoms with Gasteiger partial charge in [0.15, 0.2) is 0 Å². The molecule has 0 unspecified atom stereocenters. The highest BCUT2D eigenvalue weighted by molar-refractivity contribution is 14.1. The van der Waals surface area contributed by atoms with Gasteiger partial charge in [-0.3, -0.25) is 0 Å². The smallest absolute Gasteiger partial charge is 0.466 e. The molecular formula is C13H10BrF3INO5. The molecule has 1 rings (SSSR count). The minimum Gasteiger partial charge on any atom is -0.466 e. The predicted molar refractivity (Wildman–Crippen MR) is 89.3 cm³/mol. The van der Waals surface area contributed by atoms with Crippen molar-refractivity contribution >= 4 is 56.1 Å². The molecule has 1 N–H and O–H groups in total. The van der Waals surface area contributed by atoms with Crippen molar-refractivity contribution in [3.05, 3.63) is 31.9 Å². The van der Waals surface area contributed by atoms with Crippen LogP contribution in [0, 0.1) is 3.57 Å². The number of esters is 2. The number of nitrogens with one attached hydrogen (secondary N) is 1. The summed E-state index contributed by atoms with van der Waals surface area (Å²) >= 11 is 4.82. The second kappa shape index (κ2) is 8.55. The molecule has 0 radical (unpaired) electrons. The average Bonchev–Trinajstić information content (AvgIpc) is 2.46. The van der Waals surface area contributed by atoms with E-state index in [1.54, 1.807) is 22.6 Å². The van der Waals surface area contributed by atoms with E-state index in [9.17, 15) is 22.8 Å². The molecule has 0 atom stereocenters. The molecule has 0 fully saturated rings. The Bertz CT molecular complexity index is 655. The summed E-state index contributed by atoms with van der Waals surface area (Å²) in [5, 5.41) is 2.62. The molecule has 132 valence electrons. The van der Waals surface area contributed by atoms with Gasteiger partial charge in [-0.15, -0.1) is 13.2 Å². The third-order valence-electron chi connectivity index (χ3n) is 2.38. The monoisotopic (exact) mass is 523 g/mol. The number of ether oxygens (including phenoxy) is 3. The highest BCUT2D eigenvalue weighted by Gasteiger charge is 2.31. The number of halogens is 5. The van der Waals surface area contributed by atoms with Gasteiger partial charge in [-0.25, -0.2) is 9.59 Å². The largest absolute Gasteiger partial charge is 0.573 e. The van der Waals surface area contributed by atoms with Crippen LogP contribution in [0.15, 0.2) is 28.4 Å². The fourth-order valence-corrected chi connectivity index (χ4v) is 3.07. The van der Waals surface area contributed by atoms with E-state index in [0.29, 0.717) is 3.57 Å². The van der Waals surface area contributed by atoms with Gasteiger partial charge in [-0.2, -0.15) is 0 Å². The summed E-state index contributed by atoms with van der Waals surface area (Å²) in [5.41, 5.74) is -0.0156. The number of carbonyl (C=O) groups excluding carboxylic acids is 2. The van der Waals surface area contributed by atoms with E-state index in [-0.39, 0.29) is 15.9 Å². The molecule has 0 amide bonds. The zero-order valence-electron chi connectivity index (χ0n) is 12.2. The quantitative estimate of drug-likeness (QED) is 0.361. The first-order valence-corrected chi connectivity index (χ1v) is 7.84. The van der Waals surface area contributed by atoms with Crippen LogP contribution in [0.25, 0.3) is 0 Å². The van der Waals surface area contributed by atoms with Crippen LogP contribution >= 0.6 is 38.5 Å². The van der Waals surface area contributed by atoms with E-state index in [1.165, 1.54) is 0 Å². The van der Waals surface area contributed by atoms with Crippen molar-refractivity contribution in [2.45, 2.75) is 6.36 Å². The van der Waals surface area contributed by atoms with Crippen LogP contribution in [0.1, 0.15) is 0 Å². The number of rotatable bonds is 5. The Kier molecular flexibility index (Phi) is 7.32. The maximum Gasteiger partial charge on any atom is 0.573 e. The third-order valence-corrected chi connectivity index (χ3v) is 3.85. The number of anilines is 1.